The van der Waals surface area contributed by atoms with Gasteiger partial charge in [-0.05, 0) is 31.6 Å². The van der Waals surface area contributed by atoms with Gasteiger partial charge in [0.15, 0.2) is 5.82 Å². The summed E-state index contributed by atoms with van der Waals surface area (Å²) < 4.78 is 5.46. The molecule has 0 spiro atoms. The highest BCUT2D eigenvalue weighted by Gasteiger charge is 2.39. The Bertz CT molecular complexity index is 347. The van der Waals surface area contributed by atoms with Crippen LogP contribution in [0, 0.1) is 0 Å². The van der Waals surface area contributed by atoms with Crippen LogP contribution in [0.3, 0.4) is 0 Å². The summed E-state index contributed by atoms with van der Waals surface area (Å²) in [6.07, 6.45) is 3.36. The van der Waals surface area contributed by atoms with E-state index in [1.54, 1.807) is 0 Å². The Balaban J connectivity index is 2.01. The number of rotatable bonds is 6. The second-order valence-electron chi connectivity index (χ2n) is 4.63. The summed E-state index contributed by atoms with van der Waals surface area (Å²) in [6.45, 7) is 6.40. The molecule has 1 aliphatic heterocycles. The molecular formula is C12H21N3OS. The number of nitrogens with zero attached hydrogens (tertiary/aromatic N) is 2. The van der Waals surface area contributed by atoms with Crippen molar-refractivity contribution in [3.05, 3.63) is 11.7 Å². The van der Waals surface area contributed by atoms with Gasteiger partial charge in [-0.15, -0.1) is 0 Å². The first kappa shape index (κ1) is 12.9. The van der Waals surface area contributed by atoms with Crippen molar-refractivity contribution < 1.29 is 4.52 Å². The zero-order valence-electron chi connectivity index (χ0n) is 10.7. The number of nitrogens with one attached hydrogen (secondary N) is 1. The van der Waals surface area contributed by atoms with Crippen LogP contribution < -0.4 is 5.32 Å². The molecule has 0 amide bonds. The van der Waals surface area contributed by atoms with Crippen molar-refractivity contribution in [2.24, 2.45) is 0 Å². The lowest BCUT2D eigenvalue weighted by atomic mass is 9.84. The van der Waals surface area contributed by atoms with E-state index in [4.69, 9.17) is 4.52 Å². The van der Waals surface area contributed by atoms with Gasteiger partial charge in [-0.2, -0.15) is 16.7 Å². The van der Waals surface area contributed by atoms with Gasteiger partial charge in [0.05, 0.1) is 11.2 Å². The summed E-state index contributed by atoms with van der Waals surface area (Å²) in [5, 5.41) is 7.48. The maximum Gasteiger partial charge on any atom is 0.234 e. The molecule has 1 atom stereocenters. The van der Waals surface area contributed by atoms with E-state index in [2.05, 4.69) is 29.3 Å². The van der Waals surface area contributed by atoms with Gasteiger partial charge < -0.3 is 9.84 Å². The molecule has 0 aromatic carbocycles. The molecule has 1 saturated heterocycles. The first-order chi connectivity index (χ1) is 8.30. The zero-order chi connectivity index (χ0) is 12.1. The summed E-state index contributed by atoms with van der Waals surface area (Å²) in [5.41, 5.74) is 0.0840. The minimum Gasteiger partial charge on any atom is -0.339 e. The van der Waals surface area contributed by atoms with Gasteiger partial charge >= 0.3 is 0 Å². The average molecular weight is 255 g/mol. The normalized spacial score (nSPS) is 24.4. The largest absolute Gasteiger partial charge is 0.339 e. The summed E-state index contributed by atoms with van der Waals surface area (Å²) in [6, 6.07) is 0. The molecule has 0 saturated carbocycles. The fourth-order valence-corrected chi connectivity index (χ4v) is 2.95. The number of hydrogen-bond acceptors (Lipinski definition) is 5. The fourth-order valence-electron chi connectivity index (χ4n) is 2.22. The van der Waals surface area contributed by atoms with E-state index in [9.17, 15) is 0 Å². The lowest BCUT2D eigenvalue weighted by Gasteiger charge is -2.20. The van der Waals surface area contributed by atoms with Crippen molar-refractivity contribution in [1.82, 2.24) is 15.5 Å². The van der Waals surface area contributed by atoms with Gasteiger partial charge in [0, 0.05) is 6.54 Å². The van der Waals surface area contributed by atoms with Gasteiger partial charge in [-0.25, -0.2) is 0 Å². The molecule has 0 bridgehead atoms. The molecule has 1 aromatic rings. The smallest absolute Gasteiger partial charge is 0.234 e. The van der Waals surface area contributed by atoms with Gasteiger partial charge in [0.1, 0.15) is 0 Å². The van der Waals surface area contributed by atoms with Gasteiger partial charge in [0.25, 0.3) is 0 Å². The van der Waals surface area contributed by atoms with E-state index >= 15 is 0 Å². The van der Waals surface area contributed by atoms with Crippen molar-refractivity contribution in [1.29, 1.82) is 0 Å². The van der Waals surface area contributed by atoms with Gasteiger partial charge in [0.2, 0.25) is 5.89 Å². The predicted octanol–water partition coefficient (Wildman–Crippen LogP) is 2.35. The second kappa shape index (κ2) is 5.87. The Labute approximate surface area is 107 Å². The molecule has 4 nitrogen and oxygen atoms in total. The summed E-state index contributed by atoms with van der Waals surface area (Å²) in [4.78, 5) is 4.57. The molecule has 5 heteroatoms. The SMILES string of the molecule is CCCSCc1noc(C2(CC)CCNC2)n1. The van der Waals surface area contributed by atoms with Gasteiger partial charge in [-0.1, -0.05) is 19.0 Å². The quantitative estimate of drug-likeness (QED) is 0.791. The monoisotopic (exact) mass is 255 g/mol. The summed E-state index contributed by atoms with van der Waals surface area (Å²) in [7, 11) is 0. The van der Waals surface area contributed by atoms with E-state index < -0.39 is 0 Å². The van der Waals surface area contributed by atoms with Crippen LogP contribution >= 0.6 is 11.8 Å². The third kappa shape index (κ3) is 2.83. The maximum atomic E-state index is 5.46. The molecule has 1 aromatic heterocycles. The molecule has 1 unspecified atom stereocenters. The van der Waals surface area contributed by atoms with E-state index in [-0.39, 0.29) is 5.41 Å². The number of aromatic nitrogens is 2. The molecule has 1 N–H and O–H groups in total. The van der Waals surface area contributed by atoms with Crippen molar-refractivity contribution >= 4 is 11.8 Å². The molecule has 0 aliphatic carbocycles. The van der Waals surface area contributed by atoms with Crippen LogP contribution in [-0.4, -0.2) is 29.0 Å². The Morgan fingerprint density at radius 3 is 3.00 bits per heavy atom. The van der Waals surface area contributed by atoms with Crippen LogP contribution in [0.2, 0.25) is 0 Å². The first-order valence-corrected chi connectivity index (χ1v) is 7.58. The molecule has 2 rings (SSSR count). The molecular weight excluding hydrogens is 234 g/mol. The second-order valence-corrected chi connectivity index (χ2v) is 5.73. The molecule has 17 heavy (non-hydrogen) atoms. The Morgan fingerprint density at radius 1 is 1.47 bits per heavy atom. The lowest BCUT2D eigenvalue weighted by molar-refractivity contribution is 0.284. The van der Waals surface area contributed by atoms with Crippen LogP contribution in [0.15, 0.2) is 4.52 Å². The third-order valence-corrected chi connectivity index (χ3v) is 4.58. The summed E-state index contributed by atoms with van der Waals surface area (Å²) >= 11 is 1.87. The molecule has 1 fully saturated rings. The Morgan fingerprint density at radius 2 is 2.35 bits per heavy atom. The highest BCUT2D eigenvalue weighted by atomic mass is 32.2. The fraction of sp³-hybridized carbons (Fsp3) is 0.833. The lowest BCUT2D eigenvalue weighted by Crippen LogP contribution is -2.28. The standard InChI is InChI=1S/C12H21N3OS/c1-3-7-17-8-10-14-11(16-15-10)12(4-2)5-6-13-9-12/h13H,3-9H2,1-2H3. The Kier molecular flexibility index (Phi) is 4.45. The maximum absolute atomic E-state index is 5.46. The van der Waals surface area contributed by atoms with Crippen LogP contribution in [0.5, 0.6) is 0 Å². The summed E-state index contributed by atoms with van der Waals surface area (Å²) in [5.74, 6) is 3.70. The van der Waals surface area contributed by atoms with Crippen LogP contribution in [0.4, 0.5) is 0 Å². The molecule has 0 radical (unpaired) electrons. The van der Waals surface area contributed by atoms with Crippen molar-refractivity contribution in [3.8, 4) is 0 Å². The molecule has 1 aliphatic rings. The van der Waals surface area contributed by atoms with E-state index in [1.165, 1.54) is 6.42 Å². The average Bonchev–Trinajstić information content (AvgIpc) is 2.98. The molecule has 96 valence electrons. The van der Waals surface area contributed by atoms with Crippen molar-refractivity contribution in [2.45, 2.75) is 44.3 Å². The molecule has 2 heterocycles. The zero-order valence-corrected chi connectivity index (χ0v) is 11.5. The highest BCUT2D eigenvalue weighted by molar-refractivity contribution is 7.98. The third-order valence-electron chi connectivity index (χ3n) is 3.42. The van der Waals surface area contributed by atoms with E-state index in [1.807, 2.05) is 11.8 Å². The van der Waals surface area contributed by atoms with Crippen LogP contribution in [0.1, 0.15) is 44.8 Å². The Hall–Kier alpha value is -0.550. The van der Waals surface area contributed by atoms with Gasteiger partial charge in [-0.3, -0.25) is 0 Å². The van der Waals surface area contributed by atoms with E-state index in [0.29, 0.717) is 0 Å². The van der Waals surface area contributed by atoms with E-state index in [0.717, 1.165) is 49.2 Å². The highest BCUT2D eigenvalue weighted by Crippen LogP contribution is 2.32. The minimum atomic E-state index is 0.0840. The topological polar surface area (TPSA) is 51.0 Å². The van der Waals surface area contributed by atoms with Crippen LogP contribution in [0.25, 0.3) is 0 Å². The first-order valence-electron chi connectivity index (χ1n) is 6.42. The number of thioether (sulfide) groups is 1. The minimum absolute atomic E-state index is 0.0840. The van der Waals surface area contributed by atoms with Crippen molar-refractivity contribution in [2.75, 3.05) is 18.8 Å². The number of hydrogen-bond donors (Lipinski definition) is 1. The van der Waals surface area contributed by atoms with Crippen LogP contribution in [-0.2, 0) is 11.2 Å². The van der Waals surface area contributed by atoms with Crippen molar-refractivity contribution in [3.63, 3.8) is 0 Å². The predicted molar refractivity (Wildman–Crippen MR) is 70.2 cm³/mol.